The number of imidazole rings is 1. The zero-order valence-electron chi connectivity index (χ0n) is 20.9. The van der Waals surface area contributed by atoms with Crippen LogP contribution in [0.25, 0.3) is 39.4 Å². The second-order valence-corrected chi connectivity index (χ2v) is 9.47. The summed E-state index contributed by atoms with van der Waals surface area (Å²) in [7, 11) is 2.10. The monoisotopic (exact) mass is 495 g/mol. The van der Waals surface area contributed by atoms with Crippen LogP contribution in [0.3, 0.4) is 0 Å². The van der Waals surface area contributed by atoms with Crippen molar-refractivity contribution >= 4 is 28.2 Å². The molecule has 0 unspecified atom stereocenters. The Morgan fingerprint density at radius 3 is 2.21 bits per heavy atom. The number of hydrogen-bond donors (Lipinski definition) is 1. The highest BCUT2D eigenvalue weighted by molar-refractivity contribution is 5.88. The molecule has 184 valence electrons. The van der Waals surface area contributed by atoms with E-state index in [0.717, 1.165) is 51.9 Å². The molecule has 0 aliphatic carbocycles. The summed E-state index contributed by atoms with van der Waals surface area (Å²) in [6.45, 7) is 0.745. The van der Waals surface area contributed by atoms with Crippen LogP contribution in [-0.4, -0.2) is 33.4 Å². The maximum atomic E-state index is 10.8. The lowest BCUT2D eigenvalue weighted by Crippen LogP contribution is -2.24. The predicted octanol–water partition coefficient (Wildman–Crippen LogP) is 7.01. The van der Waals surface area contributed by atoms with E-state index >= 15 is 0 Å². The fraction of sp³-hybridized carbons (Fsp3) is 0.0625. The summed E-state index contributed by atoms with van der Waals surface area (Å²) in [6, 6.07) is 38.2. The number of rotatable bonds is 4. The van der Waals surface area contributed by atoms with Gasteiger partial charge in [-0.2, -0.15) is 0 Å². The standard InChI is InChI=1S/C32H25N5O/c1-35-21-36(27-14-6-5-13-26(27)35)31-17-9-12-24(33-31)23-18-19-25-29(20-23)37(28-15-7-8-16-30(28)38)32(34-25)22-10-3-2-4-11-22/h2-20,38H,21H2,1H3. The van der Waals surface area contributed by atoms with Crippen molar-refractivity contribution in [3.8, 4) is 34.1 Å². The van der Waals surface area contributed by atoms with Gasteiger partial charge in [-0.25, -0.2) is 9.97 Å². The van der Waals surface area contributed by atoms with E-state index in [1.54, 1.807) is 6.07 Å². The molecule has 1 aliphatic rings. The molecule has 2 aromatic heterocycles. The van der Waals surface area contributed by atoms with Gasteiger partial charge in [0.15, 0.2) is 0 Å². The van der Waals surface area contributed by atoms with Crippen LogP contribution >= 0.6 is 0 Å². The normalized spacial score (nSPS) is 12.8. The van der Waals surface area contributed by atoms with Crippen LogP contribution in [0.4, 0.5) is 17.2 Å². The second kappa shape index (κ2) is 8.78. The lowest BCUT2D eigenvalue weighted by atomic mass is 10.1. The van der Waals surface area contributed by atoms with Crippen LogP contribution in [0.2, 0.25) is 0 Å². The Kier molecular flexibility index (Phi) is 5.11. The highest BCUT2D eigenvalue weighted by Crippen LogP contribution is 2.39. The van der Waals surface area contributed by atoms with E-state index in [1.807, 2.05) is 65.2 Å². The molecule has 0 radical (unpaired) electrons. The van der Waals surface area contributed by atoms with Crippen molar-refractivity contribution in [3.63, 3.8) is 0 Å². The molecule has 0 bridgehead atoms. The van der Waals surface area contributed by atoms with Gasteiger partial charge in [-0.1, -0.05) is 66.7 Å². The van der Waals surface area contributed by atoms with Gasteiger partial charge in [0.1, 0.15) is 17.4 Å². The molecule has 1 aliphatic heterocycles. The number of phenols is 1. The van der Waals surface area contributed by atoms with E-state index in [9.17, 15) is 5.11 Å². The quantitative estimate of drug-likeness (QED) is 0.285. The Bertz CT molecular complexity index is 1790. The van der Waals surface area contributed by atoms with Gasteiger partial charge >= 0.3 is 0 Å². The van der Waals surface area contributed by atoms with Crippen molar-refractivity contribution < 1.29 is 5.11 Å². The first-order chi connectivity index (χ1) is 18.7. The largest absolute Gasteiger partial charge is 0.506 e. The smallest absolute Gasteiger partial charge is 0.145 e. The molecule has 0 amide bonds. The van der Waals surface area contributed by atoms with Gasteiger partial charge in [0.2, 0.25) is 0 Å². The average molecular weight is 496 g/mol. The third kappa shape index (κ3) is 3.58. The molecule has 7 rings (SSSR count). The number of benzene rings is 4. The van der Waals surface area contributed by atoms with Crippen molar-refractivity contribution in [2.75, 3.05) is 23.5 Å². The van der Waals surface area contributed by atoms with Crippen molar-refractivity contribution in [1.82, 2.24) is 14.5 Å². The Hall–Kier alpha value is -5.10. The fourth-order valence-corrected chi connectivity index (χ4v) is 5.22. The van der Waals surface area contributed by atoms with Crippen LogP contribution in [0.15, 0.2) is 115 Å². The number of phenolic OH excluding ortho intramolecular Hbond substituents is 1. The Balaban J connectivity index is 1.38. The zero-order valence-corrected chi connectivity index (χ0v) is 20.9. The molecule has 0 atom stereocenters. The summed E-state index contributed by atoms with van der Waals surface area (Å²) < 4.78 is 2.03. The number of para-hydroxylation sites is 4. The lowest BCUT2D eigenvalue weighted by Gasteiger charge is -2.19. The zero-order chi connectivity index (χ0) is 25.6. The fourth-order valence-electron chi connectivity index (χ4n) is 5.22. The first-order valence-electron chi connectivity index (χ1n) is 12.6. The number of fused-ring (bicyclic) bond motifs is 2. The summed E-state index contributed by atoms with van der Waals surface area (Å²) in [5.74, 6) is 1.88. The highest BCUT2D eigenvalue weighted by Gasteiger charge is 2.25. The first kappa shape index (κ1) is 22.1. The summed E-state index contributed by atoms with van der Waals surface area (Å²) in [5, 5.41) is 10.8. The van der Waals surface area contributed by atoms with Crippen LogP contribution in [0.1, 0.15) is 0 Å². The number of nitrogens with zero attached hydrogens (tertiary/aromatic N) is 5. The molecule has 38 heavy (non-hydrogen) atoms. The van der Waals surface area contributed by atoms with E-state index in [2.05, 4.69) is 65.4 Å². The van der Waals surface area contributed by atoms with E-state index in [0.29, 0.717) is 5.69 Å². The number of hydrogen-bond acceptors (Lipinski definition) is 5. The van der Waals surface area contributed by atoms with Crippen LogP contribution in [0.5, 0.6) is 5.75 Å². The summed E-state index contributed by atoms with van der Waals surface area (Å²) in [4.78, 5) is 14.5. The molecular weight excluding hydrogens is 470 g/mol. The maximum Gasteiger partial charge on any atom is 0.145 e. The van der Waals surface area contributed by atoms with Gasteiger partial charge < -0.3 is 14.9 Å². The molecule has 0 saturated carbocycles. The third-order valence-electron chi connectivity index (χ3n) is 7.05. The van der Waals surface area contributed by atoms with Crippen molar-refractivity contribution in [2.45, 2.75) is 0 Å². The van der Waals surface area contributed by atoms with Crippen LogP contribution in [-0.2, 0) is 0 Å². The molecular formula is C32H25N5O. The van der Waals surface area contributed by atoms with Gasteiger partial charge in [0.25, 0.3) is 0 Å². The Morgan fingerprint density at radius 2 is 1.39 bits per heavy atom. The Morgan fingerprint density at radius 1 is 0.658 bits per heavy atom. The molecule has 0 spiro atoms. The molecule has 4 aromatic carbocycles. The highest BCUT2D eigenvalue weighted by atomic mass is 16.3. The molecule has 3 heterocycles. The lowest BCUT2D eigenvalue weighted by molar-refractivity contribution is 0.473. The maximum absolute atomic E-state index is 10.8. The topological polar surface area (TPSA) is 57.4 Å². The first-order valence-corrected chi connectivity index (χ1v) is 12.6. The molecule has 0 fully saturated rings. The Labute approximate surface area is 220 Å². The number of aromatic nitrogens is 3. The second-order valence-electron chi connectivity index (χ2n) is 9.47. The van der Waals surface area contributed by atoms with Gasteiger partial charge in [-0.3, -0.25) is 4.57 Å². The predicted molar refractivity (Wildman–Crippen MR) is 153 cm³/mol. The number of aromatic hydroxyl groups is 1. The molecule has 6 nitrogen and oxygen atoms in total. The van der Waals surface area contributed by atoms with E-state index < -0.39 is 0 Å². The van der Waals surface area contributed by atoms with Crippen LogP contribution < -0.4 is 9.80 Å². The van der Waals surface area contributed by atoms with Crippen molar-refractivity contribution in [1.29, 1.82) is 0 Å². The minimum atomic E-state index is 0.200. The number of anilines is 3. The van der Waals surface area contributed by atoms with E-state index in [-0.39, 0.29) is 5.75 Å². The van der Waals surface area contributed by atoms with Crippen molar-refractivity contribution in [3.05, 3.63) is 115 Å². The minimum absolute atomic E-state index is 0.200. The van der Waals surface area contributed by atoms with E-state index in [4.69, 9.17) is 9.97 Å². The summed E-state index contributed by atoms with van der Waals surface area (Å²) in [6.07, 6.45) is 0. The third-order valence-corrected chi connectivity index (χ3v) is 7.05. The minimum Gasteiger partial charge on any atom is -0.506 e. The summed E-state index contributed by atoms with van der Waals surface area (Å²) >= 11 is 0. The van der Waals surface area contributed by atoms with Crippen LogP contribution in [0, 0.1) is 0 Å². The molecule has 6 heteroatoms. The van der Waals surface area contributed by atoms with Gasteiger partial charge in [0.05, 0.1) is 40.5 Å². The van der Waals surface area contributed by atoms with Gasteiger partial charge in [-0.15, -0.1) is 0 Å². The molecule has 6 aromatic rings. The average Bonchev–Trinajstić information content (AvgIpc) is 3.51. The molecule has 0 saturated heterocycles. The van der Waals surface area contributed by atoms with Gasteiger partial charge in [0, 0.05) is 18.2 Å². The number of pyridine rings is 1. The summed E-state index contributed by atoms with van der Waals surface area (Å²) in [5.41, 5.74) is 7.62. The molecule has 1 N–H and O–H groups in total. The van der Waals surface area contributed by atoms with E-state index in [1.165, 1.54) is 5.69 Å². The van der Waals surface area contributed by atoms with Gasteiger partial charge in [-0.05, 0) is 48.5 Å². The van der Waals surface area contributed by atoms with Crippen molar-refractivity contribution in [2.24, 2.45) is 0 Å². The SMILES string of the molecule is CN1CN(c2cccc(-c3ccc4nc(-c5ccccc5)n(-c5ccccc5O)c4c3)n2)c2ccccc21.